The maximum Gasteiger partial charge on any atom is 0.419 e. The highest BCUT2D eigenvalue weighted by Crippen LogP contribution is 2.44. The molecule has 0 bridgehead atoms. The van der Waals surface area contributed by atoms with Crippen LogP contribution in [0.3, 0.4) is 0 Å². The molecule has 4 heterocycles. The number of likely N-dealkylation sites (tertiary alicyclic amines) is 1. The van der Waals surface area contributed by atoms with Crippen molar-refractivity contribution in [3.63, 3.8) is 0 Å². The molecule has 0 radical (unpaired) electrons. The molecule has 0 aromatic carbocycles. The van der Waals surface area contributed by atoms with Crippen molar-refractivity contribution >= 4 is 17.8 Å². The summed E-state index contributed by atoms with van der Waals surface area (Å²) in [5.74, 6) is -0.912. The van der Waals surface area contributed by atoms with Crippen LogP contribution in [0.25, 0.3) is 11.3 Å². The highest BCUT2D eigenvalue weighted by atomic mass is 19.4. The number of rotatable bonds is 3. The number of aromatic nitrogens is 3. The maximum absolute atomic E-state index is 13.1. The number of carbonyl (C=O) groups is 2. The Morgan fingerprint density at radius 3 is 2.67 bits per heavy atom. The van der Waals surface area contributed by atoms with Crippen LogP contribution in [-0.4, -0.2) is 55.9 Å². The molecule has 2 aromatic heterocycles. The minimum absolute atomic E-state index is 0.208. The molecule has 1 saturated heterocycles. The van der Waals surface area contributed by atoms with E-state index in [1.807, 2.05) is 0 Å². The Bertz CT molecular complexity index is 1030. The van der Waals surface area contributed by atoms with Crippen LogP contribution in [-0.2, 0) is 22.9 Å². The van der Waals surface area contributed by atoms with Crippen molar-refractivity contribution in [2.24, 2.45) is 0 Å². The minimum atomic E-state index is -4.62. The van der Waals surface area contributed by atoms with Crippen LogP contribution in [0.1, 0.15) is 24.6 Å². The fourth-order valence-electron chi connectivity index (χ4n) is 4.13. The molecule has 4 N–H and O–H groups in total. The van der Waals surface area contributed by atoms with Crippen LogP contribution in [0, 0.1) is 0 Å². The van der Waals surface area contributed by atoms with E-state index in [0.717, 1.165) is 18.2 Å². The zero-order chi connectivity index (χ0) is 21.8. The zero-order valence-electron chi connectivity index (χ0n) is 15.9. The standard InChI is InChI=1S/C18H19F3N6O3/c1-9(24-16(29)30)15(28)26-7-17(8-26)2-3-27-13(17)5-12(25-27)10-4-11(18(19,20)21)14(22)23-6-10/h4-6,9,24H,2-3,7-8H2,1H3,(H2,22,23)(H,29,30)/t9-/m0/s1. The van der Waals surface area contributed by atoms with Crippen molar-refractivity contribution in [2.75, 3.05) is 18.8 Å². The van der Waals surface area contributed by atoms with Crippen molar-refractivity contribution in [3.05, 3.63) is 29.6 Å². The number of hydrogen-bond donors (Lipinski definition) is 3. The molecule has 2 aromatic rings. The van der Waals surface area contributed by atoms with Crippen LogP contribution in [0.2, 0.25) is 0 Å². The van der Waals surface area contributed by atoms with E-state index in [4.69, 9.17) is 10.8 Å². The lowest BCUT2D eigenvalue weighted by Crippen LogP contribution is -2.63. The Labute approximate surface area is 168 Å². The predicted octanol–water partition coefficient (Wildman–Crippen LogP) is 1.69. The summed E-state index contributed by atoms with van der Waals surface area (Å²) in [6.07, 6.45) is -3.89. The molecule has 0 unspecified atom stereocenters. The van der Waals surface area contributed by atoms with Crippen LogP contribution >= 0.6 is 0 Å². The van der Waals surface area contributed by atoms with E-state index in [1.165, 1.54) is 13.1 Å². The van der Waals surface area contributed by atoms with Crippen molar-refractivity contribution in [1.82, 2.24) is 25.0 Å². The van der Waals surface area contributed by atoms with Gasteiger partial charge < -0.3 is 21.1 Å². The van der Waals surface area contributed by atoms with Gasteiger partial charge in [-0.05, 0) is 25.5 Å². The second-order valence-corrected chi connectivity index (χ2v) is 7.69. The van der Waals surface area contributed by atoms with E-state index in [1.54, 1.807) is 15.6 Å². The molecule has 0 aliphatic carbocycles. The molecular formula is C18H19F3N6O3. The molecule has 9 nitrogen and oxygen atoms in total. The number of nitrogen functional groups attached to an aromatic ring is 1. The average molecular weight is 424 g/mol. The number of pyridine rings is 1. The van der Waals surface area contributed by atoms with E-state index >= 15 is 0 Å². The quantitative estimate of drug-likeness (QED) is 0.688. The molecular weight excluding hydrogens is 405 g/mol. The molecule has 4 rings (SSSR count). The largest absolute Gasteiger partial charge is 0.465 e. The Hall–Kier alpha value is -3.31. The first-order valence-electron chi connectivity index (χ1n) is 9.20. The molecule has 0 saturated carbocycles. The van der Waals surface area contributed by atoms with Gasteiger partial charge in [0.2, 0.25) is 5.91 Å². The van der Waals surface area contributed by atoms with Gasteiger partial charge in [0.15, 0.2) is 0 Å². The number of hydrogen-bond acceptors (Lipinski definition) is 5. The van der Waals surface area contributed by atoms with Gasteiger partial charge in [0.1, 0.15) is 11.9 Å². The van der Waals surface area contributed by atoms with Crippen LogP contribution < -0.4 is 11.1 Å². The van der Waals surface area contributed by atoms with Crippen molar-refractivity contribution in [3.8, 4) is 11.3 Å². The summed E-state index contributed by atoms with van der Waals surface area (Å²) in [7, 11) is 0. The number of aryl methyl sites for hydroxylation is 1. The average Bonchev–Trinajstić information content (AvgIpc) is 3.17. The second kappa shape index (κ2) is 6.61. The first kappa shape index (κ1) is 20.0. The number of carbonyl (C=O) groups excluding carboxylic acids is 1. The summed E-state index contributed by atoms with van der Waals surface area (Å²) >= 11 is 0. The summed E-state index contributed by atoms with van der Waals surface area (Å²) in [6, 6.07) is 1.80. The topological polar surface area (TPSA) is 126 Å². The molecule has 2 aliphatic heterocycles. The normalized spacial score (nSPS) is 18.1. The molecule has 12 heteroatoms. The SMILES string of the molecule is C[C@H](NC(=O)O)C(=O)N1CC2(CCn3nc(-c4cnc(N)c(C(F)(F)F)c4)cc32)C1. The van der Waals surface area contributed by atoms with E-state index in [2.05, 4.69) is 15.4 Å². The third kappa shape index (κ3) is 3.21. The Kier molecular flexibility index (Phi) is 4.40. The summed E-state index contributed by atoms with van der Waals surface area (Å²) in [6.45, 7) is 2.85. The van der Waals surface area contributed by atoms with Gasteiger partial charge in [0.25, 0.3) is 0 Å². The van der Waals surface area contributed by atoms with Gasteiger partial charge in [-0.3, -0.25) is 9.48 Å². The first-order valence-corrected chi connectivity index (χ1v) is 9.20. The summed E-state index contributed by atoms with van der Waals surface area (Å²) in [4.78, 5) is 28.3. The lowest BCUT2D eigenvalue weighted by atomic mass is 9.75. The number of nitrogens with two attached hydrogens (primary N) is 1. The van der Waals surface area contributed by atoms with Gasteiger partial charge in [-0.1, -0.05) is 0 Å². The highest BCUT2D eigenvalue weighted by molar-refractivity contribution is 5.86. The lowest BCUT2D eigenvalue weighted by Gasteiger charge is -2.48. The van der Waals surface area contributed by atoms with E-state index < -0.39 is 29.7 Å². The number of nitrogens with zero attached hydrogens (tertiary/aromatic N) is 4. The number of alkyl halides is 3. The fraction of sp³-hybridized carbons (Fsp3) is 0.444. The van der Waals surface area contributed by atoms with E-state index in [-0.39, 0.29) is 16.9 Å². The monoisotopic (exact) mass is 424 g/mol. The first-order chi connectivity index (χ1) is 14.0. The summed E-state index contributed by atoms with van der Waals surface area (Å²) in [5.41, 5.74) is 5.42. The molecule has 1 fully saturated rings. The van der Waals surface area contributed by atoms with Crippen molar-refractivity contribution < 1.29 is 27.9 Å². The van der Waals surface area contributed by atoms with Gasteiger partial charge in [0.05, 0.1) is 11.3 Å². The Balaban J connectivity index is 1.55. The number of carboxylic acid groups (broad SMARTS) is 1. The van der Waals surface area contributed by atoms with Gasteiger partial charge in [-0.25, -0.2) is 9.78 Å². The summed E-state index contributed by atoms with van der Waals surface area (Å²) < 4.78 is 41.1. The number of nitrogens with one attached hydrogen (secondary N) is 1. The third-order valence-electron chi connectivity index (χ3n) is 5.65. The van der Waals surface area contributed by atoms with Crippen molar-refractivity contribution in [2.45, 2.75) is 37.5 Å². The predicted molar refractivity (Wildman–Crippen MR) is 98.4 cm³/mol. The molecule has 1 spiro atoms. The van der Waals surface area contributed by atoms with Gasteiger partial charge in [-0.15, -0.1) is 0 Å². The second-order valence-electron chi connectivity index (χ2n) is 7.69. The fourth-order valence-corrected chi connectivity index (χ4v) is 4.13. The van der Waals surface area contributed by atoms with Gasteiger partial charge >= 0.3 is 12.3 Å². The molecule has 2 amide bonds. The highest BCUT2D eigenvalue weighted by Gasteiger charge is 2.52. The van der Waals surface area contributed by atoms with E-state index in [0.29, 0.717) is 25.3 Å². The minimum Gasteiger partial charge on any atom is -0.465 e. The zero-order valence-corrected chi connectivity index (χ0v) is 15.9. The molecule has 160 valence electrons. The van der Waals surface area contributed by atoms with Gasteiger partial charge in [0, 0.05) is 42.5 Å². The lowest BCUT2D eigenvalue weighted by molar-refractivity contribution is -0.140. The molecule has 1 atom stereocenters. The Morgan fingerprint density at radius 2 is 2.03 bits per heavy atom. The molecule has 30 heavy (non-hydrogen) atoms. The number of halogens is 3. The van der Waals surface area contributed by atoms with Crippen molar-refractivity contribution in [1.29, 1.82) is 0 Å². The number of amides is 2. The number of fused-ring (bicyclic) bond motifs is 2. The smallest absolute Gasteiger partial charge is 0.419 e. The maximum atomic E-state index is 13.1. The Morgan fingerprint density at radius 1 is 1.33 bits per heavy atom. The summed E-state index contributed by atoms with van der Waals surface area (Å²) in [5, 5.41) is 15.3. The van der Waals surface area contributed by atoms with Crippen LogP contribution in [0.4, 0.5) is 23.8 Å². The van der Waals surface area contributed by atoms with Crippen LogP contribution in [0.15, 0.2) is 18.3 Å². The van der Waals surface area contributed by atoms with E-state index in [9.17, 15) is 22.8 Å². The third-order valence-corrected chi connectivity index (χ3v) is 5.65. The van der Waals surface area contributed by atoms with Gasteiger partial charge in [-0.2, -0.15) is 18.3 Å². The van der Waals surface area contributed by atoms with Crippen LogP contribution in [0.5, 0.6) is 0 Å². The molecule has 2 aliphatic rings. The number of anilines is 1.